The Morgan fingerprint density at radius 3 is 2.37 bits per heavy atom. The van der Waals surface area contributed by atoms with Crippen molar-refractivity contribution < 1.29 is 18.0 Å². The van der Waals surface area contributed by atoms with Gasteiger partial charge in [0.25, 0.3) is 0 Å². The molecular weight excluding hydrogens is 277 g/mol. The Morgan fingerprint density at radius 2 is 1.89 bits per heavy atom. The maximum absolute atomic E-state index is 12.4. The number of hydrogen-bond acceptors (Lipinski definition) is 4. The van der Waals surface area contributed by atoms with E-state index in [4.69, 9.17) is 5.73 Å². The second kappa shape index (κ2) is 5.10. The van der Waals surface area contributed by atoms with E-state index in [1.54, 1.807) is 5.38 Å². The number of benzene rings is 1. The monoisotopic (exact) mass is 286 g/mol. The summed E-state index contributed by atoms with van der Waals surface area (Å²) in [7, 11) is 0. The van der Waals surface area contributed by atoms with Crippen molar-refractivity contribution in [2.45, 2.75) is 12.7 Å². The first kappa shape index (κ1) is 13.7. The van der Waals surface area contributed by atoms with E-state index in [2.05, 4.69) is 4.98 Å². The number of nitrogens with two attached hydrogens (primary N) is 1. The van der Waals surface area contributed by atoms with Crippen molar-refractivity contribution in [1.82, 2.24) is 4.98 Å². The number of nitrogens with zero attached hydrogens (tertiary/aromatic N) is 1. The highest BCUT2D eigenvalue weighted by molar-refractivity contribution is 7.09. The Balaban J connectivity index is 2.25. The number of aromatic nitrogens is 1. The zero-order valence-corrected chi connectivity index (χ0v) is 10.4. The molecule has 1 aromatic carbocycles. The third-order valence-corrected chi connectivity index (χ3v) is 3.30. The van der Waals surface area contributed by atoms with Crippen molar-refractivity contribution >= 4 is 17.1 Å². The summed E-state index contributed by atoms with van der Waals surface area (Å²) < 4.78 is 37.1. The predicted octanol–water partition coefficient (Wildman–Crippen LogP) is 2.85. The molecule has 0 aliphatic carbocycles. The van der Waals surface area contributed by atoms with Crippen LogP contribution in [0.15, 0.2) is 29.6 Å². The summed E-state index contributed by atoms with van der Waals surface area (Å²) in [6.45, 7) is 0.227. The van der Waals surface area contributed by atoms with Gasteiger partial charge in [-0.25, -0.2) is 4.98 Å². The van der Waals surface area contributed by atoms with E-state index < -0.39 is 17.5 Å². The molecule has 0 unspecified atom stereocenters. The lowest BCUT2D eigenvalue weighted by atomic mass is 10.1. The molecule has 3 nitrogen and oxygen atoms in total. The molecule has 0 aliphatic heterocycles. The highest BCUT2D eigenvalue weighted by Crippen LogP contribution is 2.29. The van der Waals surface area contributed by atoms with Gasteiger partial charge in [-0.1, -0.05) is 12.1 Å². The van der Waals surface area contributed by atoms with Crippen LogP contribution in [0.4, 0.5) is 13.2 Å². The summed E-state index contributed by atoms with van der Waals surface area (Å²) in [4.78, 5) is 16.0. The molecule has 1 heterocycles. The standard InChI is InChI=1S/C12H9F3N2OS/c13-12(14,15)8-3-1-7(2-4-8)11(18)9-6-19-10(5-16)17-9/h1-4,6H,5,16H2. The number of halogens is 3. The molecule has 0 aliphatic rings. The Labute approximate surface area is 110 Å². The fourth-order valence-electron chi connectivity index (χ4n) is 1.47. The van der Waals surface area contributed by atoms with Gasteiger partial charge in [0.15, 0.2) is 0 Å². The summed E-state index contributed by atoms with van der Waals surface area (Å²) in [6.07, 6.45) is -4.41. The van der Waals surface area contributed by atoms with Gasteiger partial charge < -0.3 is 5.73 Å². The Hall–Kier alpha value is -1.73. The van der Waals surface area contributed by atoms with Crippen molar-refractivity contribution in [1.29, 1.82) is 0 Å². The van der Waals surface area contributed by atoms with E-state index in [0.717, 1.165) is 24.3 Å². The Morgan fingerprint density at radius 1 is 1.26 bits per heavy atom. The van der Waals surface area contributed by atoms with Crippen molar-refractivity contribution in [2.24, 2.45) is 5.73 Å². The third-order valence-electron chi connectivity index (χ3n) is 2.43. The molecule has 0 spiro atoms. The Bertz CT molecular complexity index is 590. The number of rotatable bonds is 3. The quantitative estimate of drug-likeness (QED) is 0.883. The number of ketones is 1. The van der Waals surface area contributed by atoms with E-state index >= 15 is 0 Å². The van der Waals surface area contributed by atoms with Gasteiger partial charge in [0.05, 0.1) is 5.56 Å². The van der Waals surface area contributed by atoms with Crippen LogP contribution in [0, 0.1) is 0 Å². The van der Waals surface area contributed by atoms with Crippen LogP contribution < -0.4 is 5.73 Å². The molecule has 0 fully saturated rings. The van der Waals surface area contributed by atoms with Gasteiger partial charge in [-0.05, 0) is 12.1 Å². The molecule has 19 heavy (non-hydrogen) atoms. The average Bonchev–Trinajstić information content (AvgIpc) is 2.86. The highest BCUT2D eigenvalue weighted by atomic mass is 32.1. The van der Waals surface area contributed by atoms with Crippen molar-refractivity contribution in [2.75, 3.05) is 0 Å². The summed E-state index contributed by atoms with van der Waals surface area (Å²) in [5.41, 5.74) is 4.96. The first-order valence-corrected chi connectivity index (χ1v) is 6.16. The van der Waals surface area contributed by atoms with E-state index in [9.17, 15) is 18.0 Å². The molecule has 2 aromatic rings. The lowest BCUT2D eigenvalue weighted by Gasteiger charge is -2.06. The zero-order valence-electron chi connectivity index (χ0n) is 9.57. The van der Waals surface area contributed by atoms with Gasteiger partial charge in [-0.3, -0.25) is 4.79 Å². The number of thiazole rings is 1. The van der Waals surface area contributed by atoms with Crippen molar-refractivity contribution in [3.05, 3.63) is 51.5 Å². The predicted molar refractivity (Wildman–Crippen MR) is 64.9 cm³/mol. The van der Waals surface area contributed by atoms with Gasteiger partial charge in [0, 0.05) is 17.5 Å². The van der Waals surface area contributed by atoms with Crippen LogP contribution in [0.1, 0.15) is 26.6 Å². The van der Waals surface area contributed by atoms with E-state index in [-0.39, 0.29) is 17.8 Å². The lowest BCUT2D eigenvalue weighted by Crippen LogP contribution is -2.07. The topological polar surface area (TPSA) is 56.0 Å². The van der Waals surface area contributed by atoms with Crippen LogP contribution in [0.25, 0.3) is 0 Å². The number of carbonyl (C=O) groups excluding carboxylic acids is 1. The average molecular weight is 286 g/mol. The van der Waals surface area contributed by atoms with E-state index in [1.165, 1.54) is 11.3 Å². The van der Waals surface area contributed by atoms with E-state index in [0.29, 0.717) is 5.01 Å². The highest BCUT2D eigenvalue weighted by Gasteiger charge is 2.30. The first-order valence-electron chi connectivity index (χ1n) is 5.28. The van der Waals surface area contributed by atoms with Crippen LogP contribution in [0.2, 0.25) is 0 Å². The second-order valence-electron chi connectivity index (χ2n) is 3.73. The Kier molecular flexibility index (Phi) is 3.68. The summed E-state index contributed by atoms with van der Waals surface area (Å²) in [5.74, 6) is -0.412. The van der Waals surface area contributed by atoms with Crippen molar-refractivity contribution in [3.63, 3.8) is 0 Å². The molecule has 0 amide bonds. The molecule has 1 aromatic heterocycles. The maximum atomic E-state index is 12.4. The second-order valence-corrected chi connectivity index (χ2v) is 4.68. The number of carbonyl (C=O) groups is 1. The molecule has 0 radical (unpaired) electrons. The molecule has 100 valence electrons. The minimum atomic E-state index is -4.41. The van der Waals surface area contributed by atoms with Gasteiger partial charge >= 0.3 is 6.18 Å². The maximum Gasteiger partial charge on any atom is 0.416 e. The minimum Gasteiger partial charge on any atom is -0.325 e. The molecule has 0 saturated heterocycles. The van der Waals surface area contributed by atoms with Crippen LogP contribution in [0.3, 0.4) is 0 Å². The van der Waals surface area contributed by atoms with Crippen LogP contribution >= 0.6 is 11.3 Å². The zero-order chi connectivity index (χ0) is 14.0. The van der Waals surface area contributed by atoms with Crippen molar-refractivity contribution in [3.8, 4) is 0 Å². The van der Waals surface area contributed by atoms with Gasteiger partial charge in [0.1, 0.15) is 10.7 Å². The molecule has 0 bridgehead atoms. The van der Waals surface area contributed by atoms with Crippen LogP contribution in [-0.4, -0.2) is 10.8 Å². The molecule has 7 heteroatoms. The fraction of sp³-hybridized carbons (Fsp3) is 0.167. The van der Waals surface area contributed by atoms with Crippen LogP contribution in [0.5, 0.6) is 0 Å². The SMILES string of the molecule is NCc1nc(C(=O)c2ccc(C(F)(F)F)cc2)cs1. The van der Waals surface area contributed by atoms with E-state index in [1.807, 2.05) is 0 Å². The number of alkyl halides is 3. The first-order chi connectivity index (χ1) is 8.91. The van der Waals surface area contributed by atoms with Gasteiger partial charge in [0.2, 0.25) is 5.78 Å². The smallest absolute Gasteiger partial charge is 0.325 e. The van der Waals surface area contributed by atoms with Gasteiger partial charge in [-0.2, -0.15) is 13.2 Å². The summed E-state index contributed by atoms with van der Waals surface area (Å²) in [6, 6.07) is 4.05. The normalized spacial score (nSPS) is 11.6. The summed E-state index contributed by atoms with van der Waals surface area (Å²) in [5, 5.41) is 2.15. The molecule has 0 atom stereocenters. The molecule has 2 N–H and O–H groups in total. The third kappa shape index (κ3) is 2.99. The van der Waals surface area contributed by atoms with Gasteiger partial charge in [-0.15, -0.1) is 11.3 Å². The van der Waals surface area contributed by atoms with Crippen LogP contribution in [-0.2, 0) is 12.7 Å². The minimum absolute atomic E-state index is 0.168. The number of hydrogen-bond donors (Lipinski definition) is 1. The summed E-state index contributed by atoms with van der Waals surface area (Å²) >= 11 is 1.24. The molecule has 2 rings (SSSR count). The lowest BCUT2D eigenvalue weighted by molar-refractivity contribution is -0.137. The molecule has 0 saturated carbocycles. The fourth-order valence-corrected chi connectivity index (χ4v) is 2.12. The largest absolute Gasteiger partial charge is 0.416 e. The molecular formula is C12H9F3N2OS.